The number of hydrogen-bond donors (Lipinski definition) is 0. The predicted molar refractivity (Wildman–Crippen MR) is 80.7 cm³/mol. The van der Waals surface area contributed by atoms with Crippen LogP contribution < -0.4 is 4.57 Å². The quantitative estimate of drug-likeness (QED) is 0.422. The minimum atomic E-state index is -0.427. The van der Waals surface area contributed by atoms with Crippen LogP contribution in [0.4, 0.5) is 5.69 Å². The van der Waals surface area contributed by atoms with Crippen LogP contribution in [0.15, 0.2) is 61.2 Å². The second-order valence-electron chi connectivity index (χ2n) is 4.85. The molecule has 0 amide bonds. The average Bonchev–Trinajstić information content (AvgIpc) is 2.56. The van der Waals surface area contributed by atoms with E-state index in [0.717, 1.165) is 16.7 Å². The number of aryl methyl sites for hydroxylation is 1. The SMILES string of the molecule is C[n+]1ccc(-c2cnc(-c3ccc([N+](=O)[O-])cc3)nc2)cc1. The summed E-state index contributed by atoms with van der Waals surface area (Å²) >= 11 is 0. The van der Waals surface area contributed by atoms with E-state index >= 15 is 0 Å². The number of nitro benzene ring substituents is 1. The molecule has 6 heteroatoms. The van der Waals surface area contributed by atoms with Gasteiger partial charge in [0, 0.05) is 47.8 Å². The Hall–Kier alpha value is -3.15. The Morgan fingerprint density at radius 2 is 1.50 bits per heavy atom. The van der Waals surface area contributed by atoms with E-state index in [4.69, 9.17) is 0 Å². The lowest BCUT2D eigenvalue weighted by Crippen LogP contribution is -2.25. The number of aromatic nitrogens is 3. The van der Waals surface area contributed by atoms with Gasteiger partial charge < -0.3 is 0 Å². The molecule has 6 nitrogen and oxygen atoms in total. The van der Waals surface area contributed by atoms with Gasteiger partial charge >= 0.3 is 0 Å². The number of pyridine rings is 1. The Morgan fingerprint density at radius 1 is 0.909 bits per heavy atom. The van der Waals surface area contributed by atoms with E-state index in [1.54, 1.807) is 24.5 Å². The van der Waals surface area contributed by atoms with Crippen molar-refractivity contribution in [3.8, 4) is 22.5 Å². The van der Waals surface area contributed by atoms with Crippen LogP contribution in [-0.4, -0.2) is 14.9 Å². The van der Waals surface area contributed by atoms with Crippen molar-refractivity contribution in [3.05, 3.63) is 71.3 Å². The van der Waals surface area contributed by atoms with Crippen LogP contribution in [-0.2, 0) is 7.05 Å². The summed E-state index contributed by atoms with van der Waals surface area (Å²) in [5.41, 5.74) is 2.76. The molecule has 3 rings (SSSR count). The smallest absolute Gasteiger partial charge is 0.258 e. The van der Waals surface area contributed by atoms with Crippen molar-refractivity contribution in [3.63, 3.8) is 0 Å². The zero-order valence-corrected chi connectivity index (χ0v) is 11.9. The van der Waals surface area contributed by atoms with Crippen molar-refractivity contribution in [2.75, 3.05) is 0 Å². The summed E-state index contributed by atoms with van der Waals surface area (Å²) in [5.74, 6) is 0.542. The molecule has 0 atom stereocenters. The lowest BCUT2D eigenvalue weighted by molar-refractivity contribution is -0.671. The molecule has 108 valence electrons. The maximum atomic E-state index is 10.6. The standard InChI is InChI=1S/C16H13N4O2/c1-19-8-6-12(7-9-19)14-10-17-16(18-11-14)13-2-4-15(5-3-13)20(21)22/h2-11H,1H3/q+1. The number of rotatable bonds is 3. The maximum Gasteiger partial charge on any atom is 0.269 e. The number of hydrogen-bond acceptors (Lipinski definition) is 4. The van der Waals surface area contributed by atoms with E-state index in [1.807, 2.05) is 36.1 Å². The summed E-state index contributed by atoms with van der Waals surface area (Å²) < 4.78 is 1.95. The minimum Gasteiger partial charge on any atom is -0.258 e. The maximum absolute atomic E-state index is 10.6. The molecule has 2 heterocycles. The van der Waals surface area contributed by atoms with E-state index in [1.165, 1.54) is 12.1 Å². The molecule has 3 aromatic rings. The first-order chi connectivity index (χ1) is 10.6. The lowest BCUT2D eigenvalue weighted by Gasteiger charge is -2.02. The summed E-state index contributed by atoms with van der Waals surface area (Å²) in [6.07, 6.45) is 7.41. The summed E-state index contributed by atoms with van der Waals surface area (Å²) in [7, 11) is 1.96. The normalized spacial score (nSPS) is 10.4. The van der Waals surface area contributed by atoms with Crippen LogP contribution in [0.5, 0.6) is 0 Å². The van der Waals surface area contributed by atoms with Crippen molar-refractivity contribution in [1.82, 2.24) is 9.97 Å². The number of nitrogens with zero attached hydrogens (tertiary/aromatic N) is 4. The summed E-state index contributed by atoms with van der Waals surface area (Å²) in [6, 6.07) is 10.2. The lowest BCUT2D eigenvalue weighted by atomic mass is 10.1. The fourth-order valence-electron chi connectivity index (χ4n) is 2.05. The molecule has 0 bridgehead atoms. The first kappa shape index (κ1) is 13.8. The van der Waals surface area contributed by atoms with Gasteiger partial charge in [0.25, 0.3) is 5.69 Å². The van der Waals surface area contributed by atoms with E-state index in [9.17, 15) is 10.1 Å². The average molecular weight is 293 g/mol. The van der Waals surface area contributed by atoms with E-state index in [2.05, 4.69) is 9.97 Å². The zero-order chi connectivity index (χ0) is 15.5. The van der Waals surface area contributed by atoms with Crippen LogP contribution in [0.1, 0.15) is 0 Å². The molecule has 0 unspecified atom stereocenters. The van der Waals surface area contributed by atoms with Gasteiger partial charge in [-0.3, -0.25) is 10.1 Å². The Kier molecular flexibility index (Phi) is 3.57. The molecule has 0 saturated heterocycles. The third-order valence-corrected chi connectivity index (χ3v) is 3.30. The van der Waals surface area contributed by atoms with Crippen molar-refractivity contribution in [1.29, 1.82) is 0 Å². The molecule has 0 N–H and O–H groups in total. The number of non-ortho nitro benzene ring substituents is 1. The Morgan fingerprint density at radius 3 is 2.05 bits per heavy atom. The number of benzene rings is 1. The second kappa shape index (κ2) is 5.69. The fraction of sp³-hybridized carbons (Fsp3) is 0.0625. The highest BCUT2D eigenvalue weighted by Gasteiger charge is 2.07. The van der Waals surface area contributed by atoms with Gasteiger partial charge in [0.15, 0.2) is 18.2 Å². The first-order valence-corrected chi connectivity index (χ1v) is 6.66. The topological polar surface area (TPSA) is 72.8 Å². The molecule has 0 saturated carbocycles. The highest BCUT2D eigenvalue weighted by atomic mass is 16.6. The molecule has 0 radical (unpaired) electrons. The van der Waals surface area contributed by atoms with Crippen molar-refractivity contribution in [2.24, 2.45) is 7.05 Å². The largest absolute Gasteiger partial charge is 0.269 e. The molecule has 2 aromatic heterocycles. The minimum absolute atomic E-state index is 0.0533. The van der Waals surface area contributed by atoms with Gasteiger partial charge in [0.05, 0.1) is 4.92 Å². The molecule has 0 aliphatic rings. The van der Waals surface area contributed by atoms with Gasteiger partial charge in [-0.05, 0) is 17.7 Å². The van der Waals surface area contributed by atoms with Gasteiger partial charge in [0.2, 0.25) is 0 Å². The predicted octanol–water partition coefficient (Wildman–Crippen LogP) is 2.54. The van der Waals surface area contributed by atoms with Crippen LogP contribution in [0.25, 0.3) is 22.5 Å². The molecular formula is C16H13N4O2+. The van der Waals surface area contributed by atoms with Crippen molar-refractivity contribution in [2.45, 2.75) is 0 Å². The first-order valence-electron chi connectivity index (χ1n) is 6.66. The van der Waals surface area contributed by atoms with E-state index < -0.39 is 4.92 Å². The van der Waals surface area contributed by atoms with Crippen molar-refractivity contribution < 1.29 is 9.49 Å². The van der Waals surface area contributed by atoms with Gasteiger partial charge in [-0.15, -0.1) is 0 Å². The Balaban J connectivity index is 1.87. The Labute approximate surface area is 126 Å². The molecule has 0 aliphatic carbocycles. The zero-order valence-electron chi connectivity index (χ0n) is 11.9. The van der Waals surface area contributed by atoms with Gasteiger partial charge in [-0.25, -0.2) is 14.5 Å². The molecular weight excluding hydrogens is 280 g/mol. The molecule has 0 fully saturated rings. The second-order valence-corrected chi connectivity index (χ2v) is 4.85. The van der Waals surface area contributed by atoms with Gasteiger partial charge in [-0.2, -0.15) is 0 Å². The summed E-state index contributed by atoms with van der Waals surface area (Å²) in [6.45, 7) is 0. The van der Waals surface area contributed by atoms with Crippen LogP contribution in [0.2, 0.25) is 0 Å². The molecule has 22 heavy (non-hydrogen) atoms. The van der Waals surface area contributed by atoms with E-state index in [0.29, 0.717) is 5.82 Å². The van der Waals surface area contributed by atoms with Crippen LogP contribution >= 0.6 is 0 Å². The van der Waals surface area contributed by atoms with Crippen LogP contribution in [0, 0.1) is 10.1 Å². The molecule has 0 spiro atoms. The fourth-order valence-corrected chi connectivity index (χ4v) is 2.05. The third-order valence-electron chi connectivity index (χ3n) is 3.30. The number of nitro groups is 1. The third kappa shape index (κ3) is 2.80. The monoisotopic (exact) mass is 293 g/mol. The molecule has 0 aliphatic heterocycles. The Bertz CT molecular complexity index is 797. The van der Waals surface area contributed by atoms with Crippen LogP contribution in [0.3, 0.4) is 0 Å². The van der Waals surface area contributed by atoms with Gasteiger partial charge in [-0.1, -0.05) is 0 Å². The highest BCUT2D eigenvalue weighted by Crippen LogP contribution is 2.21. The van der Waals surface area contributed by atoms with Crippen molar-refractivity contribution >= 4 is 5.69 Å². The summed E-state index contributed by atoms with van der Waals surface area (Å²) in [4.78, 5) is 18.9. The summed E-state index contributed by atoms with van der Waals surface area (Å²) in [5, 5.41) is 10.6. The highest BCUT2D eigenvalue weighted by molar-refractivity contribution is 5.63. The molecule has 1 aromatic carbocycles. The van der Waals surface area contributed by atoms with E-state index in [-0.39, 0.29) is 5.69 Å². The van der Waals surface area contributed by atoms with Gasteiger partial charge in [0.1, 0.15) is 7.05 Å².